The van der Waals surface area contributed by atoms with E-state index in [4.69, 9.17) is 0 Å². The van der Waals surface area contributed by atoms with Gasteiger partial charge in [-0.05, 0) is 63.0 Å². The van der Waals surface area contributed by atoms with E-state index >= 15 is 4.39 Å². The second kappa shape index (κ2) is 9.45. The van der Waals surface area contributed by atoms with Gasteiger partial charge in [-0.3, -0.25) is 19.3 Å². The number of hydrogen-bond donors (Lipinski definition) is 4. The summed E-state index contributed by atoms with van der Waals surface area (Å²) < 4.78 is 17.3. The van der Waals surface area contributed by atoms with E-state index in [1.54, 1.807) is 13.0 Å². The van der Waals surface area contributed by atoms with Crippen LogP contribution in [0.15, 0.2) is 41.1 Å². The predicted octanol–water partition coefficient (Wildman–Crippen LogP) is 1.59. The zero-order valence-corrected chi connectivity index (χ0v) is 22.7. The van der Waals surface area contributed by atoms with Crippen molar-refractivity contribution in [2.24, 2.45) is 33.7 Å². The van der Waals surface area contributed by atoms with Crippen LogP contribution in [0.2, 0.25) is 0 Å². The Labute approximate surface area is 227 Å². The van der Waals surface area contributed by atoms with E-state index in [2.05, 4.69) is 10.5 Å². The molecule has 4 unspecified atom stereocenters. The average molecular weight is 544 g/mol. The molecular weight excluding hydrogens is 505 g/mol. The predicted molar refractivity (Wildman–Crippen MR) is 141 cm³/mol. The molecule has 0 radical (unpaired) electrons. The van der Waals surface area contributed by atoms with Crippen LogP contribution in [0.5, 0.6) is 0 Å². The fourth-order valence-electron chi connectivity index (χ4n) is 8.52. The number of rotatable bonds is 7. The summed E-state index contributed by atoms with van der Waals surface area (Å²) in [5.41, 5.74) is -1.98. The van der Waals surface area contributed by atoms with E-state index in [-0.39, 0.29) is 48.1 Å². The van der Waals surface area contributed by atoms with Gasteiger partial charge in [-0.2, -0.15) is 5.10 Å². The van der Waals surface area contributed by atoms with Gasteiger partial charge in [0.2, 0.25) is 0 Å². The van der Waals surface area contributed by atoms with Crippen molar-refractivity contribution in [1.29, 1.82) is 0 Å². The van der Waals surface area contributed by atoms with Crippen molar-refractivity contribution in [2.45, 2.75) is 70.2 Å². The molecule has 0 aromatic heterocycles. The normalized spacial score (nSPS) is 43.4. The summed E-state index contributed by atoms with van der Waals surface area (Å²) >= 11 is 0. The minimum atomic E-state index is -2.00. The van der Waals surface area contributed by atoms with Gasteiger partial charge in [0.05, 0.1) is 18.4 Å². The molecule has 1 heterocycles. The number of allylic oxidation sites excluding steroid dienone is 4. The summed E-state index contributed by atoms with van der Waals surface area (Å²) in [6.45, 7) is 5.47. The average Bonchev–Trinajstić information content (AvgIpc) is 3.31. The van der Waals surface area contributed by atoms with Crippen LogP contribution in [0.25, 0.3) is 0 Å². The lowest BCUT2D eigenvalue weighted by atomic mass is 9.44. The number of ketones is 1. The van der Waals surface area contributed by atoms with Crippen molar-refractivity contribution >= 4 is 23.3 Å². The third kappa shape index (κ3) is 3.74. The molecule has 9 nitrogen and oxygen atoms in total. The summed E-state index contributed by atoms with van der Waals surface area (Å²) in [6, 6.07) is 0. The van der Waals surface area contributed by atoms with Gasteiger partial charge >= 0.3 is 0 Å². The van der Waals surface area contributed by atoms with E-state index in [0.717, 1.165) is 4.90 Å². The van der Waals surface area contributed by atoms with Gasteiger partial charge < -0.3 is 20.7 Å². The van der Waals surface area contributed by atoms with Gasteiger partial charge in [-0.1, -0.05) is 25.5 Å². The summed E-state index contributed by atoms with van der Waals surface area (Å²) in [6.07, 6.45) is 7.43. The van der Waals surface area contributed by atoms with E-state index < -0.39 is 40.7 Å². The molecule has 3 saturated carbocycles. The van der Waals surface area contributed by atoms with Crippen LogP contribution in [0.4, 0.5) is 4.39 Å². The van der Waals surface area contributed by atoms with E-state index in [1.807, 2.05) is 13.8 Å². The number of halogens is 1. The summed E-state index contributed by atoms with van der Waals surface area (Å²) in [5, 5.41) is 38.4. The molecule has 2 amide bonds. The van der Waals surface area contributed by atoms with Crippen LogP contribution in [-0.4, -0.2) is 80.6 Å². The number of aliphatic hydroxyl groups is 3. The van der Waals surface area contributed by atoms with Crippen molar-refractivity contribution in [2.75, 3.05) is 19.7 Å². The lowest BCUT2D eigenvalue weighted by molar-refractivity contribution is -0.209. The highest BCUT2D eigenvalue weighted by atomic mass is 19.1. The molecule has 4 N–H and O–H groups in total. The number of hydrazone groups is 1. The molecule has 0 aromatic rings. The zero-order valence-electron chi connectivity index (χ0n) is 22.7. The van der Waals surface area contributed by atoms with Gasteiger partial charge in [0, 0.05) is 42.0 Å². The van der Waals surface area contributed by atoms with Gasteiger partial charge in [0.1, 0.15) is 5.60 Å². The first kappa shape index (κ1) is 27.9. The van der Waals surface area contributed by atoms with Crippen molar-refractivity contribution in [3.63, 3.8) is 0 Å². The van der Waals surface area contributed by atoms with E-state index in [1.165, 1.54) is 24.3 Å². The molecule has 0 aromatic carbocycles. The van der Waals surface area contributed by atoms with Crippen LogP contribution >= 0.6 is 0 Å². The van der Waals surface area contributed by atoms with Gasteiger partial charge in [-0.25, -0.2) is 4.39 Å². The molecule has 5 rings (SSSR count). The van der Waals surface area contributed by atoms with Crippen LogP contribution < -0.4 is 5.43 Å². The van der Waals surface area contributed by atoms with Crippen LogP contribution in [0.3, 0.4) is 0 Å². The third-order valence-corrected chi connectivity index (χ3v) is 10.6. The number of aliphatic hydroxyl groups excluding tert-OH is 2. The van der Waals surface area contributed by atoms with E-state index in [0.29, 0.717) is 37.8 Å². The highest BCUT2D eigenvalue weighted by Crippen LogP contribution is 2.70. The molecule has 10 heteroatoms. The first-order valence-corrected chi connectivity index (χ1v) is 13.8. The molecule has 0 spiro atoms. The number of nitrogens with one attached hydrogen (secondary N) is 1. The number of amides is 2. The lowest BCUT2D eigenvalue weighted by Gasteiger charge is -2.62. The molecule has 0 bridgehead atoms. The second-order valence-electron chi connectivity index (χ2n) is 12.3. The number of nitrogens with zero attached hydrogens (tertiary/aromatic N) is 2. The van der Waals surface area contributed by atoms with E-state index in [9.17, 15) is 29.7 Å². The Balaban J connectivity index is 1.38. The summed E-state index contributed by atoms with van der Waals surface area (Å²) in [7, 11) is 0. The van der Waals surface area contributed by atoms with Crippen molar-refractivity contribution in [3.8, 4) is 0 Å². The fraction of sp³-hybridized carbons (Fsp3) is 0.655. The lowest BCUT2D eigenvalue weighted by Crippen LogP contribution is -2.69. The molecule has 5 aliphatic rings. The molecule has 3 fully saturated rings. The van der Waals surface area contributed by atoms with Gasteiger partial charge in [0.25, 0.3) is 11.8 Å². The minimum Gasteiger partial charge on any atom is -0.390 e. The Morgan fingerprint density at radius 1 is 1.18 bits per heavy atom. The third-order valence-electron chi connectivity index (χ3n) is 10.6. The number of imide groups is 1. The smallest absolute Gasteiger partial charge is 0.253 e. The Morgan fingerprint density at radius 3 is 2.54 bits per heavy atom. The maximum Gasteiger partial charge on any atom is 0.253 e. The standard InChI is InChI=1S/C29H38FN3O6/c1-17-13-21-20-6-5-18-14-19(35)9-10-26(18,2)28(20,30)23(36)15-27(21,3)29(17,39)22(16-34)32-31-11-4-12-33-24(37)7-8-25(33)38/h7-10,14,17,20-21,23,31,34,36,39H,4-6,11-13,15-16H2,1-3H3/t17?,20?,21?,23?,26-,27-,28-,29-/m0/s1. The van der Waals surface area contributed by atoms with Crippen LogP contribution in [0, 0.1) is 28.6 Å². The number of hydrogen-bond acceptors (Lipinski definition) is 8. The molecule has 39 heavy (non-hydrogen) atoms. The molecule has 212 valence electrons. The summed E-state index contributed by atoms with van der Waals surface area (Å²) in [5.74, 6) is -2.10. The topological polar surface area (TPSA) is 140 Å². The molecule has 8 atom stereocenters. The summed E-state index contributed by atoms with van der Waals surface area (Å²) in [4.78, 5) is 36.6. The highest BCUT2D eigenvalue weighted by molar-refractivity contribution is 6.12. The molecular formula is C29H38FN3O6. The Bertz CT molecular complexity index is 1200. The zero-order chi connectivity index (χ0) is 28.4. The van der Waals surface area contributed by atoms with Gasteiger partial charge in [0.15, 0.2) is 11.5 Å². The van der Waals surface area contributed by atoms with Crippen LogP contribution in [0.1, 0.15) is 52.9 Å². The second-order valence-corrected chi connectivity index (χ2v) is 12.3. The number of carbonyl (C=O) groups is 3. The Hall–Kier alpha value is -2.69. The first-order valence-electron chi connectivity index (χ1n) is 13.8. The Morgan fingerprint density at radius 2 is 1.87 bits per heavy atom. The number of carbonyl (C=O) groups excluding carboxylic acids is 3. The highest BCUT2D eigenvalue weighted by Gasteiger charge is 2.75. The number of fused-ring (bicyclic) bond motifs is 5. The van der Waals surface area contributed by atoms with Crippen LogP contribution in [-0.2, 0) is 14.4 Å². The first-order chi connectivity index (χ1) is 18.3. The van der Waals surface area contributed by atoms with Crippen molar-refractivity contribution in [3.05, 3.63) is 36.0 Å². The van der Waals surface area contributed by atoms with Crippen molar-refractivity contribution in [1.82, 2.24) is 10.3 Å². The Kier molecular flexibility index (Phi) is 6.75. The van der Waals surface area contributed by atoms with Crippen molar-refractivity contribution < 1.29 is 34.1 Å². The molecule has 1 aliphatic heterocycles. The number of alkyl halides is 1. The maximum absolute atomic E-state index is 17.3. The largest absolute Gasteiger partial charge is 0.390 e. The fourth-order valence-corrected chi connectivity index (χ4v) is 8.52. The minimum absolute atomic E-state index is 0.0264. The molecule has 0 saturated heterocycles. The SMILES string of the molecule is CC1CC2C3CCC4=CC(=O)C=C[C@]4(C)[C@@]3(F)C(O)C[C@]2(C)[C@@]1(O)C(CO)=NNCCCN1C(=O)C=CC1=O. The maximum atomic E-state index is 17.3. The monoisotopic (exact) mass is 543 g/mol. The molecule has 4 aliphatic carbocycles. The quantitative estimate of drug-likeness (QED) is 0.166. The van der Waals surface area contributed by atoms with Gasteiger partial charge in [-0.15, -0.1) is 0 Å².